The molecular formula is C10H8Cl2IN3. The number of hydrogen-bond acceptors (Lipinski definition) is 2. The Balaban J connectivity index is 2.35. The molecule has 0 unspecified atom stereocenters. The average molecular weight is 368 g/mol. The van der Waals surface area contributed by atoms with Crippen LogP contribution in [0, 0.1) is 3.57 Å². The first kappa shape index (κ1) is 12.1. The van der Waals surface area contributed by atoms with E-state index in [-0.39, 0.29) is 0 Å². The van der Waals surface area contributed by atoms with Gasteiger partial charge in [-0.3, -0.25) is 0 Å². The molecule has 0 bridgehead atoms. The summed E-state index contributed by atoms with van der Waals surface area (Å²) < 4.78 is 2.77. The number of nitrogens with zero attached hydrogens (tertiary/aromatic N) is 3. The number of alkyl halides is 1. The van der Waals surface area contributed by atoms with Gasteiger partial charge in [-0.1, -0.05) is 16.8 Å². The topological polar surface area (TPSA) is 30.7 Å². The number of rotatable bonds is 3. The molecule has 0 fully saturated rings. The van der Waals surface area contributed by atoms with Crippen LogP contribution in [0.25, 0.3) is 5.69 Å². The van der Waals surface area contributed by atoms with E-state index in [1.165, 1.54) is 0 Å². The maximum atomic E-state index is 5.89. The van der Waals surface area contributed by atoms with Gasteiger partial charge in [0.15, 0.2) is 0 Å². The average Bonchev–Trinajstić information content (AvgIpc) is 2.67. The van der Waals surface area contributed by atoms with Crippen LogP contribution < -0.4 is 0 Å². The Morgan fingerprint density at radius 2 is 2.19 bits per heavy atom. The summed E-state index contributed by atoms with van der Waals surface area (Å²) in [7, 11) is 0. The van der Waals surface area contributed by atoms with E-state index in [2.05, 4.69) is 32.9 Å². The third-order valence-corrected chi connectivity index (χ3v) is 3.34. The molecule has 1 heterocycles. The summed E-state index contributed by atoms with van der Waals surface area (Å²) in [5.74, 6) is 0.552. The monoisotopic (exact) mass is 367 g/mol. The number of benzene rings is 1. The van der Waals surface area contributed by atoms with Gasteiger partial charge in [0.1, 0.15) is 0 Å². The third-order valence-electron chi connectivity index (χ3n) is 2.05. The molecule has 0 saturated heterocycles. The first-order valence-corrected chi connectivity index (χ1v) is 6.62. The van der Waals surface area contributed by atoms with E-state index in [1.807, 2.05) is 24.4 Å². The van der Waals surface area contributed by atoms with Gasteiger partial charge in [0.2, 0.25) is 0 Å². The molecule has 0 saturated carbocycles. The molecule has 0 amide bonds. The van der Waals surface area contributed by atoms with Gasteiger partial charge >= 0.3 is 0 Å². The van der Waals surface area contributed by atoms with Gasteiger partial charge in [0, 0.05) is 20.9 Å². The lowest BCUT2D eigenvalue weighted by atomic mass is 10.3. The molecule has 1 aromatic heterocycles. The minimum Gasteiger partial charge on any atom is -0.219 e. The van der Waals surface area contributed by atoms with Crippen LogP contribution in [-0.2, 0) is 6.42 Å². The second-order valence-corrected chi connectivity index (χ2v) is 5.17. The standard InChI is InChI=1S/C10H8Cl2IN3/c11-4-3-8-6-16(15-14-8)10-2-1-7(12)5-9(10)13/h1-2,5-6H,3-4H2. The Kier molecular flexibility index (Phi) is 4.05. The Labute approximate surface area is 117 Å². The quantitative estimate of drug-likeness (QED) is 0.615. The molecule has 0 N–H and O–H groups in total. The van der Waals surface area contributed by atoms with E-state index in [9.17, 15) is 0 Å². The molecule has 0 aliphatic heterocycles. The fraction of sp³-hybridized carbons (Fsp3) is 0.200. The van der Waals surface area contributed by atoms with E-state index in [0.717, 1.165) is 21.4 Å². The molecular weight excluding hydrogens is 360 g/mol. The molecule has 0 atom stereocenters. The van der Waals surface area contributed by atoms with Crippen LogP contribution in [0.4, 0.5) is 0 Å². The number of aromatic nitrogens is 3. The Morgan fingerprint density at radius 1 is 1.38 bits per heavy atom. The summed E-state index contributed by atoms with van der Waals surface area (Å²) >= 11 is 13.8. The zero-order valence-electron chi connectivity index (χ0n) is 8.20. The SMILES string of the molecule is ClCCc1cn(-c2ccc(Cl)cc2I)nn1. The van der Waals surface area contributed by atoms with Gasteiger partial charge in [-0.25, -0.2) is 4.68 Å². The molecule has 84 valence electrons. The van der Waals surface area contributed by atoms with Crippen molar-refractivity contribution in [2.45, 2.75) is 6.42 Å². The number of hydrogen-bond donors (Lipinski definition) is 0. The second-order valence-electron chi connectivity index (χ2n) is 3.19. The minimum absolute atomic E-state index is 0.552. The molecule has 2 rings (SSSR count). The highest BCUT2D eigenvalue weighted by atomic mass is 127. The van der Waals surface area contributed by atoms with Crippen molar-refractivity contribution in [3.63, 3.8) is 0 Å². The lowest BCUT2D eigenvalue weighted by Gasteiger charge is -2.03. The first-order chi connectivity index (χ1) is 7.70. The molecule has 16 heavy (non-hydrogen) atoms. The van der Waals surface area contributed by atoms with Crippen LogP contribution in [0.15, 0.2) is 24.4 Å². The third kappa shape index (κ3) is 2.67. The maximum absolute atomic E-state index is 5.89. The zero-order valence-corrected chi connectivity index (χ0v) is 11.9. The summed E-state index contributed by atoms with van der Waals surface area (Å²) in [6.45, 7) is 0. The van der Waals surface area contributed by atoms with Crippen molar-refractivity contribution in [3.8, 4) is 5.69 Å². The Morgan fingerprint density at radius 3 is 2.88 bits per heavy atom. The lowest BCUT2D eigenvalue weighted by molar-refractivity contribution is 0.795. The van der Waals surface area contributed by atoms with Crippen LogP contribution in [0.5, 0.6) is 0 Å². The van der Waals surface area contributed by atoms with Crippen LogP contribution in [0.3, 0.4) is 0 Å². The summed E-state index contributed by atoms with van der Waals surface area (Å²) in [6.07, 6.45) is 2.61. The molecule has 0 aliphatic rings. The molecule has 6 heteroatoms. The summed E-state index contributed by atoms with van der Waals surface area (Å²) in [5, 5.41) is 8.81. The molecule has 3 nitrogen and oxygen atoms in total. The van der Waals surface area contributed by atoms with Crippen molar-refractivity contribution in [1.29, 1.82) is 0 Å². The molecule has 0 aliphatic carbocycles. The Bertz CT molecular complexity index is 499. The second kappa shape index (κ2) is 5.33. The normalized spacial score (nSPS) is 10.7. The van der Waals surface area contributed by atoms with E-state index >= 15 is 0 Å². The largest absolute Gasteiger partial charge is 0.219 e. The zero-order chi connectivity index (χ0) is 11.5. The van der Waals surface area contributed by atoms with E-state index in [0.29, 0.717) is 10.9 Å². The van der Waals surface area contributed by atoms with Crippen molar-refractivity contribution < 1.29 is 0 Å². The minimum atomic E-state index is 0.552. The van der Waals surface area contributed by atoms with E-state index < -0.39 is 0 Å². The van der Waals surface area contributed by atoms with Crippen LogP contribution in [0.1, 0.15) is 5.69 Å². The van der Waals surface area contributed by atoms with Crippen molar-refractivity contribution in [1.82, 2.24) is 15.0 Å². The predicted molar refractivity (Wildman–Crippen MR) is 73.5 cm³/mol. The van der Waals surface area contributed by atoms with Crippen molar-refractivity contribution in [2.75, 3.05) is 5.88 Å². The van der Waals surface area contributed by atoms with Crippen molar-refractivity contribution >= 4 is 45.8 Å². The van der Waals surface area contributed by atoms with E-state index in [1.54, 1.807) is 4.68 Å². The van der Waals surface area contributed by atoms with E-state index in [4.69, 9.17) is 23.2 Å². The summed E-state index contributed by atoms with van der Waals surface area (Å²) in [6, 6.07) is 5.64. The van der Waals surface area contributed by atoms with Crippen LogP contribution in [-0.4, -0.2) is 20.9 Å². The fourth-order valence-corrected chi connectivity index (χ4v) is 2.61. The summed E-state index contributed by atoms with van der Waals surface area (Å²) in [5.41, 5.74) is 1.86. The Hall–Kier alpha value is -0.330. The van der Waals surface area contributed by atoms with Crippen LogP contribution in [0.2, 0.25) is 5.02 Å². The van der Waals surface area contributed by atoms with Gasteiger partial charge < -0.3 is 0 Å². The number of aryl methyl sites for hydroxylation is 1. The van der Waals surface area contributed by atoms with Gasteiger partial charge in [-0.05, 0) is 40.8 Å². The maximum Gasteiger partial charge on any atom is 0.0843 e. The highest BCUT2D eigenvalue weighted by Crippen LogP contribution is 2.20. The van der Waals surface area contributed by atoms with Gasteiger partial charge in [-0.2, -0.15) is 0 Å². The first-order valence-electron chi connectivity index (χ1n) is 4.63. The molecule has 0 radical (unpaired) electrons. The smallest absolute Gasteiger partial charge is 0.0843 e. The fourth-order valence-electron chi connectivity index (χ4n) is 1.29. The highest BCUT2D eigenvalue weighted by Gasteiger charge is 2.06. The lowest BCUT2D eigenvalue weighted by Crippen LogP contribution is -1.97. The van der Waals surface area contributed by atoms with Gasteiger partial charge in [-0.15, -0.1) is 16.7 Å². The van der Waals surface area contributed by atoms with Crippen molar-refractivity contribution in [2.24, 2.45) is 0 Å². The van der Waals surface area contributed by atoms with Gasteiger partial charge in [0.25, 0.3) is 0 Å². The molecule has 2 aromatic rings. The van der Waals surface area contributed by atoms with Crippen molar-refractivity contribution in [3.05, 3.63) is 38.7 Å². The highest BCUT2D eigenvalue weighted by molar-refractivity contribution is 14.1. The molecule has 1 aromatic carbocycles. The summed E-state index contributed by atoms with van der Waals surface area (Å²) in [4.78, 5) is 0. The predicted octanol–water partition coefficient (Wildman–Crippen LogP) is 3.31. The van der Waals surface area contributed by atoms with Crippen LogP contribution >= 0.6 is 45.8 Å². The molecule has 0 spiro atoms. The number of halogens is 3. The van der Waals surface area contributed by atoms with Gasteiger partial charge in [0.05, 0.1) is 17.6 Å².